The van der Waals surface area contributed by atoms with Crippen LogP contribution in [0.25, 0.3) is 0 Å². The maximum Gasteiger partial charge on any atom is 0.0590 e. The molecule has 3 heteroatoms. The SMILES string of the molecule is CCOCCNCCOCCCc1ccccc1. The molecule has 1 aromatic carbocycles. The fraction of sp³-hybridized carbons (Fsp3) is 0.600. The van der Waals surface area contributed by atoms with Gasteiger partial charge in [0.25, 0.3) is 0 Å². The zero-order valence-electron chi connectivity index (χ0n) is 11.4. The van der Waals surface area contributed by atoms with Crippen molar-refractivity contribution >= 4 is 0 Å². The van der Waals surface area contributed by atoms with Crippen molar-refractivity contribution in [3.8, 4) is 0 Å². The highest BCUT2D eigenvalue weighted by molar-refractivity contribution is 5.14. The topological polar surface area (TPSA) is 30.5 Å². The highest BCUT2D eigenvalue weighted by atomic mass is 16.5. The minimum atomic E-state index is 0.779. The van der Waals surface area contributed by atoms with E-state index in [0.717, 1.165) is 52.4 Å². The fourth-order valence-electron chi connectivity index (χ4n) is 1.68. The molecule has 0 radical (unpaired) electrons. The van der Waals surface area contributed by atoms with Crippen LogP contribution in [0.5, 0.6) is 0 Å². The highest BCUT2D eigenvalue weighted by Crippen LogP contribution is 2.01. The lowest BCUT2D eigenvalue weighted by atomic mass is 10.1. The molecule has 0 heterocycles. The van der Waals surface area contributed by atoms with Crippen LogP contribution in [-0.2, 0) is 15.9 Å². The minimum Gasteiger partial charge on any atom is -0.380 e. The number of benzene rings is 1. The van der Waals surface area contributed by atoms with Crippen LogP contribution < -0.4 is 5.32 Å². The minimum absolute atomic E-state index is 0.779. The second kappa shape index (κ2) is 11.2. The largest absolute Gasteiger partial charge is 0.380 e. The lowest BCUT2D eigenvalue weighted by Crippen LogP contribution is -2.24. The van der Waals surface area contributed by atoms with E-state index in [1.165, 1.54) is 5.56 Å². The van der Waals surface area contributed by atoms with Gasteiger partial charge in [-0.1, -0.05) is 30.3 Å². The Morgan fingerprint density at radius 1 is 0.944 bits per heavy atom. The van der Waals surface area contributed by atoms with E-state index >= 15 is 0 Å². The van der Waals surface area contributed by atoms with Gasteiger partial charge < -0.3 is 14.8 Å². The summed E-state index contributed by atoms with van der Waals surface area (Å²) in [6, 6.07) is 10.5. The van der Waals surface area contributed by atoms with Crippen molar-refractivity contribution in [3.05, 3.63) is 35.9 Å². The van der Waals surface area contributed by atoms with Crippen molar-refractivity contribution in [1.82, 2.24) is 5.32 Å². The van der Waals surface area contributed by atoms with Gasteiger partial charge in [0.1, 0.15) is 0 Å². The Kier molecular flexibility index (Phi) is 9.44. The first-order chi connectivity index (χ1) is 8.93. The van der Waals surface area contributed by atoms with Crippen molar-refractivity contribution in [1.29, 1.82) is 0 Å². The predicted molar refractivity (Wildman–Crippen MR) is 74.9 cm³/mol. The second-order valence-electron chi connectivity index (χ2n) is 4.15. The molecule has 0 aliphatic carbocycles. The normalized spacial score (nSPS) is 10.7. The van der Waals surface area contributed by atoms with Gasteiger partial charge in [-0.3, -0.25) is 0 Å². The molecule has 0 unspecified atom stereocenters. The molecular weight excluding hydrogens is 226 g/mol. The number of aryl methyl sites for hydroxylation is 1. The van der Waals surface area contributed by atoms with Gasteiger partial charge in [-0.2, -0.15) is 0 Å². The molecule has 0 saturated heterocycles. The van der Waals surface area contributed by atoms with Crippen LogP contribution in [0.1, 0.15) is 18.9 Å². The Bertz CT molecular complexity index is 277. The average molecular weight is 251 g/mol. The maximum atomic E-state index is 5.56. The Morgan fingerprint density at radius 2 is 1.67 bits per heavy atom. The zero-order chi connectivity index (χ0) is 12.9. The summed E-state index contributed by atoms with van der Waals surface area (Å²) in [6.45, 7) is 7.00. The van der Waals surface area contributed by atoms with Crippen LogP contribution in [-0.4, -0.2) is 39.5 Å². The molecule has 102 valence electrons. The van der Waals surface area contributed by atoms with Crippen LogP contribution in [0.15, 0.2) is 30.3 Å². The summed E-state index contributed by atoms with van der Waals surface area (Å²) < 4.78 is 10.8. The third-order valence-electron chi connectivity index (χ3n) is 2.65. The van der Waals surface area contributed by atoms with Crippen LogP contribution >= 0.6 is 0 Å². The monoisotopic (exact) mass is 251 g/mol. The van der Waals surface area contributed by atoms with Crippen molar-refractivity contribution < 1.29 is 9.47 Å². The van der Waals surface area contributed by atoms with E-state index in [9.17, 15) is 0 Å². The van der Waals surface area contributed by atoms with Gasteiger partial charge in [0, 0.05) is 26.3 Å². The third kappa shape index (κ3) is 8.23. The summed E-state index contributed by atoms with van der Waals surface area (Å²) in [7, 11) is 0. The van der Waals surface area contributed by atoms with E-state index in [1.807, 2.05) is 13.0 Å². The van der Waals surface area contributed by atoms with E-state index in [1.54, 1.807) is 0 Å². The molecule has 1 rings (SSSR count). The van der Waals surface area contributed by atoms with Gasteiger partial charge in [-0.05, 0) is 25.3 Å². The number of rotatable bonds is 11. The van der Waals surface area contributed by atoms with Gasteiger partial charge in [-0.25, -0.2) is 0 Å². The van der Waals surface area contributed by atoms with Gasteiger partial charge in [-0.15, -0.1) is 0 Å². The lowest BCUT2D eigenvalue weighted by Gasteiger charge is -2.06. The molecule has 0 amide bonds. The Hall–Kier alpha value is -0.900. The summed E-state index contributed by atoms with van der Waals surface area (Å²) in [5.41, 5.74) is 1.39. The Labute approximate surface area is 110 Å². The van der Waals surface area contributed by atoms with Crippen molar-refractivity contribution in [2.75, 3.05) is 39.5 Å². The van der Waals surface area contributed by atoms with Crippen LogP contribution in [0.3, 0.4) is 0 Å². The summed E-state index contributed by atoms with van der Waals surface area (Å²) in [5, 5.41) is 3.28. The average Bonchev–Trinajstić information content (AvgIpc) is 2.42. The molecule has 0 fully saturated rings. The molecule has 3 nitrogen and oxygen atoms in total. The number of hydrogen-bond acceptors (Lipinski definition) is 3. The molecule has 1 aromatic rings. The zero-order valence-corrected chi connectivity index (χ0v) is 11.4. The van der Waals surface area contributed by atoms with Crippen molar-refractivity contribution in [2.45, 2.75) is 19.8 Å². The summed E-state index contributed by atoms with van der Waals surface area (Å²) in [5.74, 6) is 0. The lowest BCUT2D eigenvalue weighted by molar-refractivity contribution is 0.124. The summed E-state index contributed by atoms with van der Waals surface area (Å²) in [6.07, 6.45) is 2.18. The Balaban J connectivity index is 1.82. The van der Waals surface area contributed by atoms with E-state index in [4.69, 9.17) is 9.47 Å². The van der Waals surface area contributed by atoms with Crippen LogP contribution in [0.2, 0.25) is 0 Å². The quantitative estimate of drug-likeness (QED) is 0.612. The number of ether oxygens (including phenoxy) is 2. The maximum absolute atomic E-state index is 5.56. The Morgan fingerprint density at radius 3 is 2.39 bits per heavy atom. The molecule has 1 N–H and O–H groups in total. The van der Waals surface area contributed by atoms with Gasteiger partial charge in [0.05, 0.1) is 13.2 Å². The molecule has 0 atom stereocenters. The molecule has 0 aliphatic rings. The molecule has 18 heavy (non-hydrogen) atoms. The second-order valence-corrected chi connectivity index (χ2v) is 4.15. The van der Waals surface area contributed by atoms with Gasteiger partial charge in [0.2, 0.25) is 0 Å². The van der Waals surface area contributed by atoms with Gasteiger partial charge in [0.15, 0.2) is 0 Å². The van der Waals surface area contributed by atoms with E-state index < -0.39 is 0 Å². The van der Waals surface area contributed by atoms with Crippen molar-refractivity contribution in [3.63, 3.8) is 0 Å². The van der Waals surface area contributed by atoms with E-state index in [-0.39, 0.29) is 0 Å². The summed E-state index contributed by atoms with van der Waals surface area (Å²) >= 11 is 0. The molecule has 0 spiro atoms. The predicted octanol–water partition coefficient (Wildman–Crippen LogP) is 2.26. The fourth-order valence-corrected chi connectivity index (χ4v) is 1.68. The van der Waals surface area contributed by atoms with Crippen LogP contribution in [0.4, 0.5) is 0 Å². The molecule has 0 aromatic heterocycles. The van der Waals surface area contributed by atoms with Gasteiger partial charge >= 0.3 is 0 Å². The molecule has 0 bridgehead atoms. The molecular formula is C15H25NO2. The summed E-state index contributed by atoms with van der Waals surface area (Å²) in [4.78, 5) is 0. The first-order valence-electron chi connectivity index (χ1n) is 6.83. The number of hydrogen-bond donors (Lipinski definition) is 1. The van der Waals surface area contributed by atoms with E-state index in [2.05, 4.69) is 29.6 Å². The third-order valence-corrected chi connectivity index (χ3v) is 2.65. The smallest absolute Gasteiger partial charge is 0.0590 e. The highest BCUT2D eigenvalue weighted by Gasteiger charge is 1.93. The standard InChI is InChI=1S/C15H25NO2/c1-2-17-13-10-16-11-14-18-12-6-9-15-7-4-3-5-8-15/h3-5,7-8,16H,2,6,9-14H2,1H3. The van der Waals surface area contributed by atoms with E-state index in [0.29, 0.717) is 0 Å². The van der Waals surface area contributed by atoms with Crippen molar-refractivity contribution in [2.24, 2.45) is 0 Å². The number of nitrogens with one attached hydrogen (secondary N) is 1. The molecule has 0 aliphatic heterocycles. The van der Waals surface area contributed by atoms with Crippen LogP contribution in [0, 0.1) is 0 Å². The molecule has 0 saturated carbocycles. The first-order valence-corrected chi connectivity index (χ1v) is 6.83. The first kappa shape index (κ1) is 15.2.